The summed E-state index contributed by atoms with van der Waals surface area (Å²) in [5.41, 5.74) is 5.03. The summed E-state index contributed by atoms with van der Waals surface area (Å²) in [7, 11) is 0. The van der Waals surface area contributed by atoms with Crippen molar-refractivity contribution in [3.8, 4) is 22.3 Å². The van der Waals surface area contributed by atoms with Crippen molar-refractivity contribution in [2.75, 3.05) is 0 Å². The maximum absolute atomic E-state index is 12.2. The number of amides is 1. The number of carboxylic acid groups (broad SMARTS) is 1. The van der Waals surface area contributed by atoms with Gasteiger partial charge < -0.3 is 5.11 Å². The first-order valence-electron chi connectivity index (χ1n) is 11.8. The van der Waals surface area contributed by atoms with E-state index in [-0.39, 0.29) is 17.9 Å². The second kappa shape index (κ2) is 12.7. The van der Waals surface area contributed by atoms with Crippen molar-refractivity contribution in [1.29, 1.82) is 0 Å². The van der Waals surface area contributed by atoms with Crippen LogP contribution in [0.4, 0.5) is 0 Å². The predicted molar refractivity (Wildman–Crippen MR) is 144 cm³/mol. The second-order valence-electron chi connectivity index (χ2n) is 8.25. The van der Waals surface area contributed by atoms with Gasteiger partial charge >= 0.3 is 5.97 Å². The molecule has 5 rings (SSSR count). The van der Waals surface area contributed by atoms with E-state index >= 15 is 0 Å². The molecule has 0 saturated heterocycles. The average Bonchev–Trinajstić information content (AvgIpc) is 2.98. The third-order valence-corrected chi connectivity index (χ3v) is 5.59. The molecular weight excluding hydrogens is 478 g/mol. The van der Waals surface area contributed by atoms with E-state index in [2.05, 4.69) is 9.97 Å². The van der Waals surface area contributed by atoms with Crippen molar-refractivity contribution in [2.45, 2.75) is 6.54 Å². The van der Waals surface area contributed by atoms with E-state index in [0.29, 0.717) is 5.06 Å². The van der Waals surface area contributed by atoms with E-state index in [1.165, 1.54) is 6.07 Å². The molecule has 2 N–H and O–H groups in total. The SMILES string of the molecule is O=C(O)c1ccc(-c2ccccc2)cn1.O=C(c1ccc(-c2ccccc2)cn1)N(O)Cc1ccccc1. The molecule has 0 radical (unpaired) electrons. The molecular formula is C31H25N3O4. The molecule has 3 aromatic carbocycles. The molecule has 38 heavy (non-hydrogen) atoms. The van der Waals surface area contributed by atoms with Crippen LogP contribution in [0.25, 0.3) is 22.3 Å². The summed E-state index contributed by atoms with van der Waals surface area (Å²) in [6.45, 7) is 0.127. The zero-order chi connectivity index (χ0) is 26.7. The van der Waals surface area contributed by atoms with Crippen molar-refractivity contribution >= 4 is 11.9 Å². The smallest absolute Gasteiger partial charge is 0.354 e. The standard InChI is InChI=1S/C19H16N2O2.C12H9NO2/c22-19(21(23)14-15-7-3-1-4-8-15)18-12-11-17(13-20-18)16-9-5-2-6-10-16;14-12(15)11-7-6-10(8-13-11)9-4-2-1-3-5-9/h1-13,23H,14H2;1-8H,(H,14,15). The van der Waals surface area contributed by atoms with Crippen molar-refractivity contribution in [3.05, 3.63) is 145 Å². The van der Waals surface area contributed by atoms with Gasteiger partial charge in [0.2, 0.25) is 0 Å². The maximum Gasteiger partial charge on any atom is 0.354 e. The molecule has 0 fully saturated rings. The van der Waals surface area contributed by atoms with Crippen molar-refractivity contribution in [3.63, 3.8) is 0 Å². The summed E-state index contributed by atoms with van der Waals surface area (Å²) in [4.78, 5) is 30.8. The Hall–Kier alpha value is -5.14. The van der Waals surface area contributed by atoms with Gasteiger partial charge in [0.15, 0.2) is 0 Å². The summed E-state index contributed by atoms with van der Waals surface area (Å²) >= 11 is 0. The lowest BCUT2D eigenvalue weighted by Crippen LogP contribution is -2.27. The number of pyridine rings is 2. The predicted octanol–water partition coefficient (Wildman–Crippen LogP) is 6.23. The van der Waals surface area contributed by atoms with Crippen molar-refractivity contribution in [2.24, 2.45) is 0 Å². The van der Waals surface area contributed by atoms with Crippen molar-refractivity contribution < 1.29 is 19.9 Å². The summed E-state index contributed by atoms with van der Waals surface area (Å²) in [5.74, 6) is -1.52. The fourth-order valence-electron chi connectivity index (χ4n) is 3.60. The van der Waals surface area contributed by atoms with Gasteiger partial charge in [-0.1, -0.05) is 103 Å². The third-order valence-electron chi connectivity index (χ3n) is 5.59. The Bertz CT molecular complexity index is 1460. The highest BCUT2D eigenvalue weighted by Crippen LogP contribution is 2.19. The molecule has 2 aromatic heterocycles. The molecule has 0 aliphatic rings. The van der Waals surface area contributed by atoms with Gasteiger partial charge in [-0.15, -0.1) is 0 Å². The number of hydrogen-bond donors (Lipinski definition) is 2. The lowest BCUT2D eigenvalue weighted by molar-refractivity contribution is -0.0652. The highest BCUT2D eigenvalue weighted by molar-refractivity contribution is 5.91. The van der Waals surface area contributed by atoms with Crippen molar-refractivity contribution in [1.82, 2.24) is 15.0 Å². The number of hydroxylamine groups is 2. The molecule has 188 valence electrons. The van der Waals surface area contributed by atoms with Crippen LogP contribution >= 0.6 is 0 Å². The van der Waals surface area contributed by atoms with E-state index < -0.39 is 11.9 Å². The third kappa shape index (κ3) is 6.96. The Kier molecular flexibility index (Phi) is 8.68. The minimum absolute atomic E-state index is 0.0645. The normalized spacial score (nSPS) is 10.1. The van der Waals surface area contributed by atoms with Gasteiger partial charge in [-0.3, -0.25) is 15.0 Å². The first kappa shape index (κ1) is 25.9. The minimum Gasteiger partial charge on any atom is -0.477 e. The fourth-order valence-corrected chi connectivity index (χ4v) is 3.60. The molecule has 2 heterocycles. The monoisotopic (exact) mass is 503 g/mol. The molecule has 0 spiro atoms. The maximum atomic E-state index is 12.2. The molecule has 0 aliphatic heterocycles. The van der Waals surface area contributed by atoms with Gasteiger partial charge in [-0.2, -0.15) is 0 Å². The van der Waals surface area contributed by atoms with Gasteiger partial charge in [0, 0.05) is 23.5 Å². The number of carbonyl (C=O) groups is 2. The molecule has 1 amide bonds. The van der Waals surface area contributed by atoms with Gasteiger partial charge in [0.1, 0.15) is 11.4 Å². The lowest BCUT2D eigenvalue weighted by Gasteiger charge is -2.14. The van der Waals surface area contributed by atoms with Gasteiger partial charge in [0.25, 0.3) is 5.91 Å². The van der Waals surface area contributed by atoms with Crippen LogP contribution in [0.2, 0.25) is 0 Å². The number of carbonyl (C=O) groups excluding carboxylic acids is 1. The highest BCUT2D eigenvalue weighted by Gasteiger charge is 2.15. The van der Waals surface area contributed by atoms with Crippen LogP contribution in [0.15, 0.2) is 128 Å². The van der Waals surface area contributed by atoms with E-state index in [4.69, 9.17) is 5.11 Å². The van der Waals surface area contributed by atoms with E-state index in [9.17, 15) is 14.8 Å². The van der Waals surface area contributed by atoms with Gasteiger partial charge in [0.05, 0.1) is 6.54 Å². The lowest BCUT2D eigenvalue weighted by atomic mass is 10.1. The largest absolute Gasteiger partial charge is 0.477 e. The summed E-state index contributed by atoms with van der Waals surface area (Å²) < 4.78 is 0. The molecule has 0 atom stereocenters. The van der Waals surface area contributed by atoms with E-state index in [1.807, 2.05) is 97.1 Å². The van der Waals surface area contributed by atoms with E-state index in [0.717, 1.165) is 27.8 Å². The molecule has 0 aliphatic carbocycles. The van der Waals surface area contributed by atoms with Gasteiger partial charge in [-0.25, -0.2) is 14.8 Å². The summed E-state index contributed by atoms with van der Waals surface area (Å²) in [6, 6.07) is 35.5. The van der Waals surface area contributed by atoms with Crippen LogP contribution in [-0.2, 0) is 6.54 Å². The number of hydrogen-bond acceptors (Lipinski definition) is 5. The van der Waals surface area contributed by atoms with Crippen LogP contribution in [0.5, 0.6) is 0 Å². The number of rotatable bonds is 6. The number of aromatic carboxylic acids is 1. The average molecular weight is 504 g/mol. The molecule has 7 heteroatoms. The first-order valence-corrected chi connectivity index (χ1v) is 11.8. The number of carboxylic acids is 1. The van der Waals surface area contributed by atoms with Crippen LogP contribution in [0.1, 0.15) is 26.5 Å². The topological polar surface area (TPSA) is 104 Å². The molecule has 0 unspecified atom stereocenters. The summed E-state index contributed by atoms with van der Waals surface area (Å²) in [5, 5.41) is 19.3. The fraction of sp³-hybridized carbons (Fsp3) is 0.0323. The number of nitrogens with zero attached hydrogens (tertiary/aromatic N) is 3. The Morgan fingerprint density at radius 1 is 0.579 bits per heavy atom. The van der Waals surface area contributed by atoms with Gasteiger partial charge in [-0.05, 0) is 28.8 Å². The Morgan fingerprint density at radius 2 is 1.03 bits per heavy atom. The number of aromatic nitrogens is 2. The van der Waals surface area contributed by atoms with E-state index in [1.54, 1.807) is 24.5 Å². The van der Waals surface area contributed by atoms with Crippen LogP contribution < -0.4 is 0 Å². The quantitative estimate of drug-likeness (QED) is 0.210. The Morgan fingerprint density at radius 3 is 1.45 bits per heavy atom. The van der Waals surface area contributed by atoms with Crippen LogP contribution in [-0.4, -0.2) is 37.2 Å². The summed E-state index contributed by atoms with van der Waals surface area (Å²) in [6.07, 6.45) is 3.21. The zero-order valence-corrected chi connectivity index (χ0v) is 20.4. The second-order valence-corrected chi connectivity index (χ2v) is 8.25. The molecule has 0 saturated carbocycles. The Balaban J connectivity index is 0.000000194. The Labute approximate surface area is 220 Å². The molecule has 7 nitrogen and oxygen atoms in total. The zero-order valence-electron chi connectivity index (χ0n) is 20.4. The minimum atomic E-state index is -1.00. The molecule has 5 aromatic rings. The first-order chi connectivity index (χ1) is 18.5. The number of benzene rings is 3. The van der Waals surface area contributed by atoms with Crippen LogP contribution in [0.3, 0.4) is 0 Å². The van der Waals surface area contributed by atoms with Crippen LogP contribution in [0, 0.1) is 0 Å². The molecule has 0 bridgehead atoms. The highest BCUT2D eigenvalue weighted by atomic mass is 16.5.